The van der Waals surface area contributed by atoms with Gasteiger partial charge in [0.2, 0.25) is 5.91 Å². The van der Waals surface area contributed by atoms with Gasteiger partial charge < -0.3 is 5.32 Å². The van der Waals surface area contributed by atoms with E-state index in [0.717, 1.165) is 28.2 Å². The zero-order chi connectivity index (χ0) is 18.7. The molecule has 134 valence electrons. The number of hydrogen-bond donors (Lipinski definition) is 1. The highest BCUT2D eigenvalue weighted by Crippen LogP contribution is 2.19. The Labute approximate surface area is 152 Å². The van der Waals surface area contributed by atoms with Gasteiger partial charge in [-0.2, -0.15) is 5.10 Å². The number of halogens is 1. The van der Waals surface area contributed by atoms with Gasteiger partial charge in [0, 0.05) is 11.3 Å². The number of benzene rings is 2. The van der Waals surface area contributed by atoms with Crippen molar-refractivity contribution in [1.29, 1.82) is 0 Å². The van der Waals surface area contributed by atoms with Crippen molar-refractivity contribution in [2.45, 2.75) is 33.2 Å². The summed E-state index contributed by atoms with van der Waals surface area (Å²) in [5, 5.41) is 7.54. The van der Waals surface area contributed by atoms with E-state index in [0.29, 0.717) is 0 Å². The molecule has 0 bridgehead atoms. The summed E-state index contributed by atoms with van der Waals surface area (Å²) in [6, 6.07) is 15.8. The minimum Gasteiger partial charge on any atom is -0.349 e. The zero-order valence-electron chi connectivity index (χ0n) is 15.2. The summed E-state index contributed by atoms with van der Waals surface area (Å²) >= 11 is 0. The molecule has 3 aromatic rings. The van der Waals surface area contributed by atoms with Crippen LogP contribution in [0.25, 0.3) is 5.69 Å². The fraction of sp³-hybridized carbons (Fsp3) is 0.238. The molecule has 1 atom stereocenters. The first-order chi connectivity index (χ1) is 12.5. The summed E-state index contributed by atoms with van der Waals surface area (Å²) in [5.74, 6) is -0.368. The lowest BCUT2D eigenvalue weighted by Crippen LogP contribution is -2.28. The minimum atomic E-state index is -0.285. The van der Waals surface area contributed by atoms with E-state index in [1.165, 1.54) is 12.1 Å². The largest absolute Gasteiger partial charge is 0.349 e. The summed E-state index contributed by atoms with van der Waals surface area (Å²) in [6.07, 6.45) is 0.260. The third-order valence-corrected chi connectivity index (χ3v) is 4.53. The Morgan fingerprint density at radius 2 is 1.77 bits per heavy atom. The normalized spacial score (nSPS) is 12.0. The van der Waals surface area contributed by atoms with Crippen LogP contribution in [0.4, 0.5) is 4.39 Å². The second kappa shape index (κ2) is 7.52. The van der Waals surface area contributed by atoms with Crippen molar-refractivity contribution in [2.24, 2.45) is 0 Å². The fourth-order valence-electron chi connectivity index (χ4n) is 3.04. The third-order valence-electron chi connectivity index (χ3n) is 4.53. The highest BCUT2D eigenvalue weighted by molar-refractivity contribution is 5.79. The summed E-state index contributed by atoms with van der Waals surface area (Å²) < 4.78 is 14.9. The predicted molar refractivity (Wildman–Crippen MR) is 99.7 cm³/mol. The van der Waals surface area contributed by atoms with Crippen molar-refractivity contribution >= 4 is 5.91 Å². The molecule has 5 heteroatoms. The van der Waals surface area contributed by atoms with Gasteiger partial charge >= 0.3 is 0 Å². The third kappa shape index (κ3) is 3.82. The lowest BCUT2D eigenvalue weighted by atomic mass is 10.1. The smallest absolute Gasteiger partial charge is 0.225 e. The van der Waals surface area contributed by atoms with Crippen molar-refractivity contribution in [2.75, 3.05) is 0 Å². The number of aryl methyl sites for hydroxylation is 1. The molecule has 1 heterocycles. The molecule has 0 unspecified atom stereocenters. The lowest BCUT2D eigenvalue weighted by Gasteiger charge is -2.14. The van der Waals surface area contributed by atoms with Crippen LogP contribution < -0.4 is 5.32 Å². The summed E-state index contributed by atoms with van der Waals surface area (Å²) in [4.78, 5) is 12.5. The maximum atomic E-state index is 13.0. The number of nitrogens with one attached hydrogen (secondary N) is 1. The van der Waals surface area contributed by atoms with E-state index in [9.17, 15) is 9.18 Å². The Morgan fingerprint density at radius 1 is 1.12 bits per heavy atom. The second-order valence-corrected chi connectivity index (χ2v) is 6.41. The average molecular weight is 351 g/mol. The van der Waals surface area contributed by atoms with Gasteiger partial charge in [0.05, 0.1) is 23.8 Å². The van der Waals surface area contributed by atoms with Crippen molar-refractivity contribution in [3.8, 4) is 5.69 Å². The maximum absolute atomic E-state index is 13.0. The molecule has 26 heavy (non-hydrogen) atoms. The highest BCUT2D eigenvalue weighted by atomic mass is 19.1. The van der Waals surface area contributed by atoms with E-state index in [1.54, 1.807) is 12.1 Å². The zero-order valence-corrected chi connectivity index (χ0v) is 15.2. The Balaban J connectivity index is 1.73. The molecular weight excluding hydrogens is 329 g/mol. The Hall–Kier alpha value is -2.95. The Kier molecular flexibility index (Phi) is 5.16. The van der Waals surface area contributed by atoms with E-state index < -0.39 is 0 Å². The Morgan fingerprint density at radius 3 is 2.42 bits per heavy atom. The van der Waals surface area contributed by atoms with E-state index in [1.807, 2.05) is 55.8 Å². The summed E-state index contributed by atoms with van der Waals surface area (Å²) in [7, 11) is 0. The van der Waals surface area contributed by atoms with Crippen molar-refractivity contribution < 1.29 is 9.18 Å². The number of rotatable bonds is 5. The van der Waals surface area contributed by atoms with Crippen LogP contribution in [-0.2, 0) is 11.2 Å². The molecule has 3 rings (SSSR count). The van der Waals surface area contributed by atoms with Crippen LogP contribution in [0, 0.1) is 19.7 Å². The minimum absolute atomic E-state index is 0.0827. The standard InChI is InChI=1S/C21H22FN3O/c1-14(17-9-11-18(22)12-10-17)23-21(26)13-20-15(2)24-25(16(20)3)19-7-5-4-6-8-19/h4-12,14H,13H2,1-3H3,(H,23,26)/t14-/m0/s1. The molecule has 1 N–H and O–H groups in total. The van der Waals surface area contributed by atoms with Gasteiger partial charge in [-0.05, 0) is 50.6 Å². The first-order valence-corrected chi connectivity index (χ1v) is 8.61. The lowest BCUT2D eigenvalue weighted by molar-refractivity contribution is -0.121. The molecule has 0 fully saturated rings. The number of carbonyl (C=O) groups excluding carboxylic acids is 1. The van der Waals surface area contributed by atoms with Crippen LogP contribution in [0.15, 0.2) is 54.6 Å². The average Bonchev–Trinajstić information content (AvgIpc) is 2.91. The van der Waals surface area contributed by atoms with E-state index in [4.69, 9.17) is 0 Å². The van der Waals surface area contributed by atoms with Crippen molar-refractivity contribution in [1.82, 2.24) is 15.1 Å². The molecule has 0 spiro atoms. The predicted octanol–water partition coefficient (Wildman–Crippen LogP) is 4.05. The van der Waals surface area contributed by atoms with Crippen LogP contribution in [0.5, 0.6) is 0 Å². The van der Waals surface area contributed by atoms with Gasteiger partial charge in [-0.15, -0.1) is 0 Å². The van der Waals surface area contributed by atoms with Crippen LogP contribution >= 0.6 is 0 Å². The van der Waals surface area contributed by atoms with Gasteiger partial charge in [0.15, 0.2) is 0 Å². The van der Waals surface area contributed by atoms with Gasteiger partial charge in [0.25, 0.3) is 0 Å². The SMILES string of the molecule is Cc1nn(-c2ccccc2)c(C)c1CC(=O)N[C@@H](C)c1ccc(F)cc1. The summed E-state index contributed by atoms with van der Waals surface area (Å²) in [6.45, 7) is 5.77. The molecule has 1 amide bonds. The van der Waals surface area contributed by atoms with E-state index >= 15 is 0 Å². The quantitative estimate of drug-likeness (QED) is 0.754. The molecule has 0 aliphatic rings. The van der Waals surface area contributed by atoms with Gasteiger partial charge in [0.1, 0.15) is 5.82 Å². The van der Waals surface area contributed by atoms with Crippen molar-refractivity contribution in [3.63, 3.8) is 0 Å². The van der Waals surface area contributed by atoms with E-state index in [-0.39, 0.29) is 24.2 Å². The van der Waals surface area contributed by atoms with Gasteiger partial charge in [-0.25, -0.2) is 9.07 Å². The molecule has 4 nitrogen and oxygen atoms in total. The Bertz CT molecular complexity index is 901. The first kappa shape index (κ1) is 17.9. The van der Waals surface area contributed by atoms with Crippen molar-refractivity contribution in [3.05, 3.63) is 82.9 Å². The number of aromatic nitrogens is 2. The number of hydrogen-bond acceptors (Lipinski definition) is 2. The van der Waals surface area contributed by atoms with Gasteiger partial charge in [-0.1, -0.05) is 30.3 Å². The van der Waals surface area contributed by atoms with Crippen LogP contribution in [0.3, 0.4) is 0 Å². The van der Waals surface area contributed by atoms with Gasteiger partial charge in [-0.3, -0.25) is 4.79 Å². The monoisotopic (exact) mass is 351 g/mol. The van der Waals surface area contributed by atoms with Crippen LogP contribution in [0.2, 0.25) is 0 Å². The first-order valence-electron chi connectivity index (χ1n) is 8.61. The van der Waals surface area contributed by atoms with E-state index in [2.05, 4.69) is 10.4 Å². The second-order valence-electron chi connectivity index (χ2n) is 6.41. The highest BCUT2D eigenvalue weighted by Gasteiger charge is 2.17. The molecule has 0 radical (unpaired) electrons. The molecule has 0 saturated heterocycles. The number of amides is 1. The number of para-hydroxylation sites is 1. The molecule has 2 aromatic carbocycles. The number of nitrogens with zero attached hydrogens (tertiary/aromatic N) is 2. The number of carbonyl (C=O) groups is 1. The topological polar surface area (TPSA) is 46.9 Å². The van der Waals surface area contributed by atoms with Crippen LogP contribution in [-0.4, -0.2) is 15.7 Å². The molecule has 0 aliphatic carbocycles. The molecule has 1 aromatic heterocycles. The molecule has 0 aliphatic heterocycles. The molecular formula is C21H22FN3O. The summed E-state index contributed by atoms with van der Waals surface area (Å²) in [5.41, 5.74) is 4.57. The maximum Gasteiger partial charge on any atom is 0.225 e. The molecule has 0 saturated carbocycles. The fourth-order valence-corrected chi connectivity index (χ4v) is 3.04. The van der Waals surface area contributed by atoms with Crippen LogP contribution in [0.1, 0.15) is 35.5 Å².